The Morgan fingerprint density at radius 3 is 2.70 bits per heavy atom. The molecule has 1 aliphatic heterocycles. The second kappa shape index (κ2) is 10.1. The van der Waals surface area contributed by atoms with Crippen LogP contribution in [0.1, 0.15) is 18.9 Å². The van der Waals surface area contributed by atoms with Crippen LogP contribution in [0.2, 0.25) is 5.02 Å². The molecule has 156 valence electrons. The molecule has 0 radical (unpaired) electrons. The van der Waals surface area contributed by atoms with Crippen molar-refractivity contribution < 1.29 is 14.3 Å². The third-order valence-corrected chi connectivity index (χ3v) is 6.08. The van der Waals surface area contributed by atoms with E-state index in [2.05, 4.69) is 36.8 Å². The number of amidine groups is 1. The second-order valence-corrected chi connectivity index (χ2v) is 8.78. The molecule has 2 aromatic carbocycles. The van der Waals surface area contributed by atoms with Gasteiger partial charge in [-0.2, -0.15) is 5.10 Å². The maximum atomic E-state index is 12.5. The van der Waals surface area contributed by atoms with Crippen molar-refractivity contribution in [1.29, 1.82) is 0 Å². The van der Waals surface area contributed by atoms with Gasteiger partial charge in [-0.25, -0.2) is 0 Å². The first-order valence-electron chi connectivity index (χ1n) is 8.85. The van der Waals surface area contributed by atoms with Crippen LogP contribution in [0, 0.1) is 0 Å². The van der Waals surface area contributed by atoms with Crippen molar-refractivity contribution >= 4 is 67.7 Å². The number of hydrogen-bond donors (Lipinski definition) is 2. The van der Waals surface area contributed by atoms with E-state index >= 15 is 0 Å². The summed E-state index contributed by atoms with van der Waals surface area (Å²) in [6, 6.07) is 12.3. The Labute approximate surface area is 191 Å². The molecule has 0 aliphatic carbocycles. The lowest BCUT2D eigenvalue weighted by molar-refractivity contribution is -0.123. The summed E-state index contributed by atoms with van der Waals surface area (Å²) < 4.78 is 6.02. The van der Waals surface area contributed by atoms with Gasteiger partial charge in [0.1, 0.15) is 11.0 Å². The summed E-state index contributed by atoms with van der Waals surface area (Å²) >= 11 is 10.4. The van der Waals surface area contributed by atoms with E-state index in [-0.39, 0.29) is 23.4 Å². The minimum absolute atomic E-state index is 0.0528. The highest BCUT2D eigenvalue weighted by Crippen LogP contribution is 2.26. The summed E-state index contributed by atoms with van der Waals surface area (Å²) in [5.74, 6) is 0.135. The van der Waals surface area contributed by atoms with Gasteiger partial charge >= 0.3 is 0 Å². The molecule has 1 fully saturated rings. The van der Waals surface area contributed by atoms with Gasteiger partial charge in [0.15, 0.2) is 5.17 Å². The molecule has 0 bridgehead atoms. The second-order valence-electron chi connectivity index (χ2n) is 6.29. The number of carbonyl (C=O) groups excluding carboxylic acids is 2. The summed E-state index contributed by atoms with van der Waals surface area (Å²) in [6.45, 7) is 1.80. The lowest BCUT2D eigenvalue weighted by atomic mass is 10.1. The third-order valence-electron chi connectivity index (χ3n) is 4.14. The van der Waals surface area contributed by atoms with Crippen LogP contribution in [0.4, 0.5) is 5.69 Å². The molecule has 2 amide bonds. The van der Waals surface area contributed by atoms with Crippen LogP contribution in [0.5, 0.6) is 5.75 Å². The molecule has 1 saturated heterocycles. The molecule has 1 unspecified atom stereocenters. The van der Waals surface area contributed by atoms with Crippen LogP contribution in [-0.2, 0) is 9.59 Å². The Kier molecular flexibility index (Phi) is 7.52. The van der Waals surface area contributed by atoms with E-state index in [0.717, 1.165) is 21.8 Å². The molecule has 10 heteroatoms. The predicted molar refractivity (Wildman–Crippen MR) is 125 cm³/mol. The highest BCUT2D eigenvalue weighted by molar-refractivity contribution is 9.10. The van der Waals surface area contributed by atoms with Gasteiger partial charge in [0.2, 0.25) is 11.8 Å². The number of halogens is 2. The minimum Gasteiger partial charge on any atom is -0.496 e. The standard InChI is InChI=1S/C20H18BrClN4O3S/c1-11(12-3-8-16(29-2)15(21)9-12)25-26-20-24-18(27)10-17(30-20)19(28)23-14-6-4-13(22)5-7-14/h3-9,17H,10H2,1-2H3,(H,23,28)(H,24,26,27)/b25-11+. The smallest absolute Gasteiger partial charge is 0.238 e. The van der Waals surface area contributed by atoms with Gasteiger partial charge in [-0.05, 0) is 70.9 Å². The van der Waals surface area contributed by atoms with Gasteiger partial charge in [0.25, 0.3) is 0 Å². The topological polar surface area (TPSA) is 92.2 Å². The van der Waals surface area contributed by atoms with Crippen molar-refractivity contribution in [1.82, 2.24) is 5.32 Å². The Hall–Kier alpha value is -2.36. The van der Waals surface area contributed by atoms with Gasteiger partial charge in [-0.3, -0.25) is 9.59 Å². The molecule has 2 N–H and O–H groups in total. The van der Waals surface area contributed by atoms with E-state index in [1.165, 1.54) is 0 Å². The van der Waals surface area contributed by atoms with Gasteiger partial charge in [0, 0.05) is 17.1 Å². The first kappa shape index (κ1) is 22.3. The van der Waals surface area contributed by atoms with E-state index in [1.54, 1.807) is 38.3 Å². The molecule has 1 heterocycles. The number of ether oxygens (including phenoxy) is 1. The number of carbonyl (C=O) groups is 2. The fraction of sp³-hybridized carbons (Fsp3) is 0.200. The average Bonchev–Trinajstić information content (AvgIpc) is 2.73. The summed E-state index contributed by atoms with van der Waals surface area (Å²) in [5.41, 5.74) is 2.10. The lowest BCUT2D eigenvalue weighted by Gasteiger charge is -2.21. The first-order chi connectivity index (χ1) is 14.4. The molecule has 7 nitrogen and oxygen atoms in total. The molecule has 3 rings (SSSR count). The molecule has 2 aromatic rings. The fourth-order valence-electron chi connectivity index (χ4n) is 2.56. The van der Waals surface area contributed by atoms with E-state index in [0.29, 0.717) is 22.2 Å². The molecule has 1 aliphatic rings. The molecule has 30 heavy (non-hydrogen) atoms. The largest absolute Gasteiger partial charge is 0.496 e. The monoisotopic (exact) mass is 508 g/mol. The average molecular weight is 510 g/mol. The van der Waals surface area contributed by atoms with Gasteiger partial charge in [-0.15, -0.1) is 5.10 Å². The quantitative estimate of drug-likeness (QED) is 0.460. The normalized spacial score (nSPS) is 18.1. The van der Waals surface area contributed by atoms with E-state index in [4.69, 9.17) is 16.3 Å². The number of amides is 2. The van der Waals surface area contributed by atoms with Crippen LogP contribution in [0.25, 0.3) is 0 Å². The maximum Gasteiger partial charge on any atom is 0.238 e. The number of rotatable bonds is 5. The zero-order valence-corrected chi connectivity index (χ0v) is 19.3. The van der Waals surface area contributed by atoms with Gasteiger partial charge in [0.05, 0.1) is 17.3 Å². The molecule has 0 aromatic heterocycles. The van der Waals surface area contributed by atoms with E-state index < -0.39 is 5.25 Å². The number of thioether (sulfide) groups is 1. The van der Waals surface area contributed by atoms with E-state index in [1.807, 2.05) is 18.2 Å². The molecule has 1 atom stereocenters. The van der Waals surface area contributed by atoms with Crippen LogP contribution < -0.4 is 15.4 Å². The number of nitrogens with zero attached hydrogens (tertiary/aromatic N) is 2. The summed E-state index contributed by atoms with van der Waals surface area (Å²) in [4.78, 5) is 24.6. The predicted octanol–water partition coefficient (Wildman–Crippen LogP) is 4.45. The number of hydrogen-bond acceptors (Lipinski definition) is 6. The Morgan fingerprint density at radius 2 is 2.03 bits per heavy atom. The van der Waals surface area contributed by atoms with Crippen molar-refractivity contribution in [3.8, 4) is 5.75 Å². The highest BCUT2D eigenvalue weighted by Gasteiger charge is 2.30. The van der Waals surface area contributed by atoms with Gasteiger partial charge < -0.3 is 15.4 Å². The number of benzene rings is 2. The fourth-order valence-corrected chi connectivity index (χ4v) is 4.16. The Morgan fingerprint density at radius 1 is 1.30 bits per heavy atom. The SMILES string of the molecule is COc1ccc(/C(C)=N/N=C2NC(=O)CC(C(=O)Nc3ccc(Cl)cc3)S2)cc1Br. The third kappa shape index (κ3) is 5.84. The lowest BCUT2D eigenvalue weighted by Crippen LogP contribution is -2.41. The first-order valence-corrected chi connectivity index (χ1v) is 10.9. The number of anilines is 1. The summed E-state index contributed by atoms with van der Waals surface area (Å²) in [6.07, 6.45) is 0.0528. The number of nitrogens with one attached hydrogen (secondary N) is 2. The minimum atomic E-state index is -0.612. The van der Waals surface area contributed by atoms with E-state index in [9.17, 15) is 9.59 Å². The molecule has 0 spiro atoms. The summed E-state index contributed by atoms with van der Waals surface area (Å²) in [5, 5.41) is 14.0. The maximum absolute atomic E-state index is 12.5. The zero-order valence-electron chi connectivity index (χ0n) is 16.1. The van der Waals surface area contributed by atoms with Crippen LogP contribution in [0.15, 0.2) is 57.1 Å². The molecular formula is C20H18BrClN4O3S. The van der Waals surface area contributed by atoms with Crippen molar-refractivity contribution in [2.24, 2.45) is 10.2 Å². The highest BCUT2D eigenvalue weighted by atomic mass is 79.9. The van der Waals surface area contributed by atoms with Crippen molar-refractivity contribution in [2.75, 3.05) is 12.4 Å². The van der Waals surface area contributed by atoms with Crippen LogP contribution in [0.3, 0.4) is 0 Å². The van der Waals surface area contributed by atoms with Crippen molar-refractivity contribution in [3.63, 3.8) is 0 Å². The van der Waals surface area contributed by atoms with Crippen LogP contribution >= 0.6 is 39.3 Å². The van der Waals surface area contributed by atoms with Gasteiger partial charge in [-0.1, -0.05) is 23.4 Å². The number of methoxy groups -OCH3 is 1. The Bertz CT molecular complexity index is 1030. The van der Waals surface area contributed by atoms with Crippen molar-refractivity contribution in [3.05, 3.63) is 57.5 Å². The summed E-state index contributed by atoms with van der Waals surface area (Å²) in [7, 11) is 1.59. The molecule has 0 saturated carbocycles. The van der Waals surface area contributed by atoms with Crippen molar-refractivity contribution in [2.45, 2.75) is 18.6 Å². The Balaban J connectivity index is 1.71. The van der Waals surface area contributed by atoms with Crippen LogP contribution in [-0.4, -0.2) is 35.1 Å². The molecular weight excluding hydrogens is 492 g/mol. The zero-order chi connectivity index (χ0) is 21.7.